The molecule has 1 fully saturated rings. The molecule has 20 heavy (non-hydrogen) atoms. The van der Waals surface area contributed by atoms with Gasteiger partial charge in [0.15, 0.2) is 0 Å². The fourth-order valence-electron chi connectivity index (χ4n) is 2.83. The van der Waals surface area contributed by atoms with Crippen LogP contribution < -0.4 is 5.73 Å². The van der Waals surface area contributed by atoms with Gasteiger partial charge in [-0.3, -0.25) is 0 Å². The third-order valence-electron chi connectivity index (χ3n) is 3.69. The number of piperidine rings is 1. The van der Waals surface area contributed by atoms with Crippen molar-refractivity contribution in [1.82, 2.24) is 14.3 Å². The van der Waals surface area contributed by atoms with Gasteiger partial charge in [0.05, 0.1) is 0 Å². The molecule has 1 aliphatic heterocycles. The highest BCUT2D eigenvalue weighted by Crippen LogP contribution is 2.27. The van der Waals surface area contributed by atoms with E-state index in [1.165, 1.54) is 10.5 Å². The van der Waals surface area contributed by atoms with Crippen LogP contribution in [0.2, 0.25) is 0 Å². The Kier molecular flexibility index (Phi) is 3.27. The van der Waals surface area contributed by atoms with Gasteiger partial charge >= 0.3 is 0 Å². The van der Waals surface area contributed by atoms with Gasteiger partial charge < -0.3 is 10.7 Å². The van der Waals surface area contributed by atoms with Crippen LogP contribution in [0.3, 0.4) is 0 Å². The highest BCUT2D eigenvalue weighted by atomic mass is 32.2. The Morgan fingerprint density at radius 2 is 2.25 bits per heavy atom. The first kappa shape index (κ1) is 13.5. The van der Waals surface area contributed by atoms with E-state index in [1.807, 2.05) is 6.92 Å². The minimum Gasteiger partial charge on any atom is -0.345 e. The lowest BCUT2D eigenvalue weighted by atomic mass is 9.99. The normalized spacial score (nSPS) is 25.1. The lowest BCUT2D eigenvalue weighted by Crippen LogP contribution is -2.48. The predicted molar refractivity (Wildman–Crippen MR) is 76.6 cm³/mol. The number of pyridine rings is 1. The molecule has 0 amide bonds. The van der Waals surface area contributed by atoms with Crippen LogP contribution in [-0.4, -0.2) is 41.8 Å². The summed E-state index contributed by atoms with van der Waals surface area (Å²) in [7, 11) is -3.53. The lowest BCUT2D eigenvalue weighted by Gasteiger charge is -2.33. The lowest BCUT2D eigenvalue weighted by molar-refractivity contribution is 0.254. The second-order valence-electron chi connectivity index (χ2n) is 5.48. The van der Waals surface area contributed by atoms with Gasteiger partial charge in [-0.2, -0.15) is 4.31 Å². The van der Waals surface area contributed by atoms with Crippen LogP contribution >= 0.6 is 0 Å². The third kappa shape index (κ3) is 2.21. The maximum absolute atomic E-state index is 12.8. The molecule has 3 heterocycles. The van der Waals surface area contributed by atoms with E-state index in [2.05, 4.69) is 9.97 Å². The fourth-order valence-corrected chi connectivity index (χ4v) is 4.60. The highest BCUT2D eigenvalue weighted by molar-refractivity contribution is 7.89. The molecule has 3 rings (SSSR count). The summed E-state index contributed by atoms with van der Waals surface area (Å²) in [5, 5.41) is 0.624. The van der Waals surface area contributed by atoms with Gasteiger partial charge in [0, 0.05) is 36.9 Å². The van der Waals surface area contributed by atoms with Crippen molar-refractivity contribution in [3.05, 3.63) is 24.5 Å². The topological polar surface area (TPSA) is 92.1 Å². The van der Waals surface area contributed by atoms with Crippen molar-refractivity contribution in [2.45, 2.75) is 24.3 Å². The van der Waals surface area contributed by atoms with E-state index in [0.29, 0.717) is 24.1 Å². The molecule has 1 saturated heterocycles. The second-order valence-corrected chi connectivity index (χ2v) is 7.38. The number of H-pyrrole nitrogens is 1. The van der Waals surface area contributed by atoms with Gasteiger partial charge in [-0.15, -0.1) is 0 Å². The zero-order valence-electron chi connectivity index (χ0n) is 11.3. The van der Waals surface area contributed by atoms with E-state index in [9.17, 15) is 8.42 Å². The van der Waals surface area contributed by atoms with Crippen molar-refractivity contribution >= 4 is 21.1 Å². The molecule has 3 N–H and O–H groups in total. The fraction of sp³-hybridized carbons (Fsp3) is 0.462. The SMILES string of the molecule is CC1CC(N)CN(S(=O)(=O)c2c[nH]c3ncccc23)C1. The first-order valence-electron chi connectivity index (χ1n) is 6.66. The quantitative estimate of drug-likeness (QED) is 0.861. The van der Waals surface area contributed by atoms with Crippen LogP contribution in [0, 0.1) is 5.92 Å². The summed E-state index contributed by atoms with van der Waals surface area (Å²) in [6.45, 7) is 2.92. The van der Waals surface area contributed by atoms with Crippen LogP contribution in [0.4, 0.5) is 0 Å². The van der Waals surface area contributed by atoms with Crippen molar-refractivity contribution in [2.75, 3.05) is 13.1 Å². The zero-order valence-corrected chi connectivity index (χ0v) is 12.1. The number of hydrogen-bond acceptors (Lipinski definition) is 4. The molecule has 2 aromatic heterocycles. The molecule has 0 aliphatic carbocycles. The van der Waals surface area contributed by atoms with E-state index in [-0.39, 0.29) is 16.9 Å². The van der Waals surface area contributed by atoms with E-state index in [4.69, 9.17) is 5.73 Å². The van der Waals surface area contributed by atoms with Crippen molar-refractivity contribution in [3.63, 3.8) is 0 Å². The van der Waals surface area contributed by atoms with Crippen molar-refractivity contribution in [3.8, 4) is 0 Å². The van der Waals surface area contributed by atoms with Crippen molar-refractivity contribution in [1.29, 1.82) is 0 Å². The molecule has 108 valence electrons. The average molecular weight is 294 g/mol. The summed E-state index contributed by atoms with van der Waals surface area (Å²) in [5.74, 6) is 0.275. The first-order chi connectivity index (χ1) is 9.48. The number of nitrogens with one attached hydrogen (secondary N) is 1. The monoisotopic (exact) mass is 294 g/mol. The molecule has 0 aromatic carbocycles. The molecule has 0 spiro atoms. The number of rotatable bonds is 2. The molecular formula is C13H18N4O2S. The van der Waals surface area contributed by atoms with Crippen LogP contribution in [0.1, 0.15) is 13.3 Å². The Labute approximate surface area is 118 Å². The number of aromatic amines is 1. The molecule has 1 aliphatic rings. The summed E-state index contributed by atoms with van der Waals surface area (Å²) in [6.07, 6.45) is 4.01. The summed E-state index contributed by atoms with van der Waals surface area (Å²) >= 11 is 0. The summed E-state index contributed by atoms with van der Waals surface area (Å²) in [5.41, 5.74) is 6.54. The van der Waals surface area contributed by atoms with Crippen LogP contribution in [0.25, 0.3) is 11.0 Å². The molecule has 2 aromatic rings. The van der Waals surface area contributed by atoms with Gasteiger partial charge in [-0.1, -0.05) is 6.92 Å². The number of nitrogens with two attached hydrogens (primary N) is 1. The van der Waals surface area contributed by atoms with E-state index >= 15 is 0 Å². The van der Waals surface area contributed by atoms with Crippen LogP contribution in [-0.2, 0) is 10.0 Å². The Morgan fingerprint density at radius 3 is 3.00 bits per heavy atom. The summed E-state index contributed by atoms with van der Waals surface area (Å²) in [6, 6.07) is 3.40. The van der Waals surface area contributed by atoms with Crippen molar-refractivity contribution in [2.24, 2.45) is 11.7 Å². The molecule has 0 radical (unpaired) electrons. The minimum atomic E-state index is -3.53. The number of aromatic nitrogens is 2. The van der Waals surface area contributed by atoms with E-state index in [0.717, 1.165) is 6.42 Å². The molecule has 6 nitrogen and oxygen atoms in total. The summed E-state index contributed by atoms with van der Waals surface area (Å²) < 4.78 is 27.0. The van der Waals surface area contributed by atoms with Gasteiger partial charge in [0.25, 0.3) is 0 Å². The molecular weight excluding hydrogens is 276 g/mol. The van der Waals surface area contributed by atoms with Crippen molar-refractivity contribution < 1.29 is 8.42 Å². The Bertz CT molecular complexity index is 715. The smallest absolute Gasteiger partial charge is 0.245 e. The number of fused-ring (bicyclic) bond motifs is 1. The first-order valence-corrected chi connectivity index (χ1v) is 8.10. The van der Waals surface area contributed by atoms with E-state index in [1.54, 1.807) is 18.3 Å². The number of nitrogens with zero attached hydrogens (tertiary/aromatic N) is 2. The maximum atomic E-state index is 12.8. The molecule has 7 heteroatoms. The predicted octanol–water partition coefficient (Wildman–Crippen LogP) is 0.921. The minimum absolute atomic E-state index is 0.100. The highest BCUT2D eigenvalue weighted by Gasteiger charge is 2.33. The molecule has 0 saturated carbocycles. The van der Waals surface area contributed by atoms with Gasteiger partial charge in [0.1, 0.15) is 10.5 Å². The van der Waals surface area contributed by atoms with Gasteiger partial charge in [0.2, 0.25) is 10.0 Å². The largest absolute Gasteiger partial charge is 0.345 e. The van der Waals surface area contributed by atoms with E-state index < -0.39 is 10.0 Å². The third-order valence-corrected chi connectivity index (χ3v) is 5.56. The molecule has 2 unspecified atom stereocenters. The Hall–Kier alpha value is -1.44. The number of hydrogen-bond donors (Lipinski definition) is 2. The van der Waals surface area contributed by atoms with Crippen LogP contribution in [0.5, 0.6) is 0 Å². The standard InChI is InChI=1S/C13H18N4O2S/c1-9-5-10(14)8-17(7-9)20(18,19)12-6-16-13-11(12)3-2-4-15-13/h2-4,6,9-10H,5,7-8,14H2,1H3,(H,15,16). The van der Waals surface area contributed by atoms with Crippen LogP contribution in [0.15, 0.2) is 29.4 Å². The molecule has 2 atom stereocenters. The summed E-state index contributed by atoms with van der Waals surface area (Å²) in [4.78, 5) is 7.31. The van der Waals surface area contributed by atoms with Gasteiger partial charge in [-0.25, -0.2) is 13.4 Å². The molecule has 0 bridgehead atoms. The Morgan fingerprint density at radius 1 is 1.45 bits per heavy atom. The second kappa shape index (κ2) is 4.83. The Balaban J connectivity index is 2.03. The number of sulfonamides is 1. The zero-order chi connectivity index (χ0) is 14.3. The maximum Gasteiger partial charge on any atom is 0.245 e. The van der Waals surface area contributed by atoms with Gasteiger partial charge in [-0.05, 0) is 24.5 Å². The average Bonchev–Trinajstić information content (AvgIpc) is 2.82.